The Kier molecular flexibility index (Phi) is 4.44. The van der Waals surface area contributed by atoms with E-state index < -0.39 is 11.6 Å². The molecule has 0 aliphatic heterocycles. The standard InChI is InChI=1S/C13H17NO4/c1-4-13(2,18-3)12(17)14-10-7-5-9(6-8-10)11(15)16/h5-8H,4H2,1-3H3,(H,14,17)(H,15,16). The van der Waals surface area contributed by atoms with E-state index in [1.54, 1.807) is 19.1 Å². The van der Waals surface area contributed by atoms with E-state index in [1.165, 1.54) is 19.2 Å². The molecule has 1 aromatic carbocycles. The highest BCUT2D eigenvalue weighted by molar-refractivity contribution is 5.97. The Morgan fingerprint density at radius 2 is 1.89 bits per heavy atom. The minimum absolute atomic E-state index is 0.179. The molecule has 5 heteroatoms. The minimum Gasteiger partial charge on any atom is -0.478 e. The molecule has 0 saturated heterocycles. The maximum atomic E-state index is 12.0. The van der Waals surface area contributed by atoms with E-state index in [0.29, 0.717) is 12.1 Å². The van der Waals surface area contributed by atoms with Crippen LogP contribution in [-0.2, 0) is 9.53 Å². The lowest BCUT2D eigenvalue weighted by atomic mass is 10.0. The number of hydrogen-bond acceptors (Lipinski definition) is 3. The second-order valence-corrected chi connectivity index (χ2v) is 4.13. The summed E-state index contributed by atoms with van der Waals surface area (Å²) < 4.78 is 5.18. The second-order valence-electron chi connectivity index (χ2n) is 4.13. The van der Waals surface area contributed by atoms with Crippen molar-refractivity contribution >= 4 is 17.6 Å². The van der Waals surface area contributed by atoms with Crippen LogP contribution in [0.25, 0.3) is 0 Å². The fourth-order valence-corrected chi connectivity index (χ4v) is 1.36. The number of benzene rings is 1. The Labute approximate surface area is 106 Å². The molecule has 0 spiro atoms. The van der Waals surface area contributed by atoms with Gasteiger partial charge in [0.1, 0.15) is 5.60 Å². The number of ether oxygens (including phenoxy) is 1. The van der Waals surface area contributed by atoms with Gasteiger partial charge in [0, 0.05) is 12.8 Å². The van der Waals surface area contributed by atoms with Crippen molar-refractivity contribution in [3.8, 4) is 0 Å². The smallest absolute Gasteiger partial charge is 0.335 e. The van der Waals surface area contributed by atoms with Crippen molar-refractivity contribution in [2.45, 2.75) is 25.9 Å². The van der Waals surface area contributed by atoms with Gasteiger partial charge in [-0.2, -0.15) is 0 Å². The Morgan fingerprint density at radius 3 is 2.28 bits per heavy atom. The number of carboxylic acid groups (broad SMARTS) is 1. The largest absolute Gasteiger partial charge is 0.478 e. The Balaban J connectivity index is 2.79. The van der Waals surface area contributed by atoms with Crippen LogP contribution in [0.5, 0.6) is 0 Å². The van der Waals surface area contributed by atoms with Gasteiger partial charge >= 0.3 is 5.97 Å². The summed E-state index contributed by atoms with van der Waals surface area (Å²) in [5.41, 5.74) is -0.162. The molecule has 98 valence electrons. The van der Waals surface area contributed by atoms with Crippen LogP contribution in [0.2, 0.25) is 0 Å². The molecule has 0 aromatic heterocycles. The Bertz CT molecular complexity index is 435. The Hall–Kier alpha value is -1.88. The summed E-state index contributed by atoms with van der Waals surface area (Å²) in [7, 11) is 1.48. The molecule has 5 nitrogen and oxygen atoms in total. The second kappa shape index (κ2) is 5.64. The molecule has 18 heavy (non-hydrogen) atoms. The summed E-state index contributed by atoms with van der Waals surface area (Å²) in [5, 5.41) is 11.4. The molecule has 1 amide bonds. The first-order valence-electron chi connectivity index (χ1n) is 5.63. The molecule has 0 aliphatic rings. The highest BCUT2D eigenvalue weighted by Gasteiger charge is 2.30. The number of nitrogens with one attached hydrogen (secondary N) is 1. The van der Waals surface area contributed by atoms with E-state index in [2.05, 4.69) is 5.32 Å². The minimum atomic E-state index is -0.997. The summed E-state index contributed by atoms with van der Waals surface area (Å²) in [6.45, 7) is 3.56. The van der Waals surface area contributed by atoms with Gasteiger partial charge in [-0.1, -0.05) is 6.92 Å². The van der Waals surface area contributed by atoms with Crippen molar-refractivity contribution in [2.75, 3.05) is 12.4 Å². The van der Waals surface area contributed by atoms with Gasteiger partial charge in [-0.3, -0.25) is 4.79 Å². The van der Waals surface area contributed by atoms with Crippen LogP contribution in [0.4, 0.5) is 5.69 Å². The monoisotopic (exact) mass is 251 g/mol. The molecule has 1 aromatic rings. The quantitative estimate of drug-likeness (QED) is 0.840. The maximum Gasteiger partial charge on any atom is 0.335 e. The summed E-state index contributed by atoms with van der Waals surface area (Å²) in [4.78, 5) is 22.6. The van der Waals surface area contributed by atoms with Gasteiger partial charge in [0.2, 0.25) is 0 Å². The number of anilines is 1. The maximum absolute atomic E-state index is 12.0. The van der Waals surface area contributed by atoms with Gasteiger partial charge in [0.05, 0.1) is 5.56 Å². The molecule has 0 fully saturated rings. The van der Waals surface area contributed by atoms with Gasteiger partial charge < -0.3 is 15.2 Å². The fourth-order valence-electron chi connectivity index (χ4n) is 1.36. The molecule has 1 unspecified atom stereocenters. The topological polar surface area (TPSA) is 75.6 Å². The number of carbonyl (C=O) groups is 2. The van der Waals surface area contributed by atoms with Crippen LogP contribution in [-0.4, -0.2) is 29.7 Å². The summed E-state index contributed by atoms with van der Waals surface area (Å²) in [6.07, 6.45) is 0.544. The van der Waals surface area contributed by atoms with Crippen LogP contribution < -0.4 is 5.32 Å². The normalized spacial score (nSPS) is 13.7. The molecule has 0 heterocycles. The van der Waals surface area contributed by atoms with Gasteiger partial charge in [0.25, 0.3) is 5.91 Å². The van der Waals surface area contributed by atoms with Crippen LogP contribution in [0.3, 0.4) is 0 Å². The molecule has 1 atom stereocenters. The van der Waals surface area contributed by atoms with E-state index in [4.69, 9.17) is 9.84 Å². The average Bonchev–Trinajstić information content (AvgIpc) is 2.38. The summed E-state index contributed by atoms with van der Waals surface area (Å²) in [6, 6.07) is 5.97. The molecule has 0 aliphatic carbocycles. The first-order valence-corrected chi connectivity index (χ1v) is 5.63. The third-order valence-corrected chi connectivity index (χ3v) is 3.00. The van der Waals surface area contributed by atoms with Crippen LogP contribution in [0, 0.1) is 0 Å². The Morgan fingerprint density at radius 1 is 1.33 bits per heavy atom. The van der Waals surface area contributed by atoms with Crippen molar-refractivity contribution in [3.05, 3.63) is 29.8 Å². The van der Waals surface area contributed by atoms with Crippen LogP contribution >= 0.6 is 0 Å². The highest BCUT2D eigenvalue weighted by atomic mass is 16.5. The zero-order chi connectivity index (χ0) is 13.8. The van der Waals surface area contributed by atoms with Gasteiger partial charge in [0.15, 0.2) is 0 Å². The number of carboxylic acids is 1. The lowest BCUT2D eigenvalue weighted by molar-refractivity contribution is -0.136. The van der Waals surface area contributed by atoms with E-state index in [9.17, 15) is 9.59 Å². The van der Waals surface area contributed by atoms with Crippen molar-refractivity contribution in [3.63, 3.8) is 0 Å². The van der Waals surface area contributed by atoms with E-state index in [-0.39, 0.29) is 11.5 Å². The van der Waals surface area contributed by atoms with E-state index in [1.807, 2.05) is 6.92 Å². The summed E-state index contributed by atoms with van der Waals surface area (Å²) in [5.74, 6) is -1.25. The molecule has 1 rings (SSSR count). The number of aromatic carboxylic acids is 1. The molecular weight excluding hydrogens is 234 g/mol. The van der Waals surface area contributed by atoms with Crippen molar-refractivity contribution in [1.29, 1.82) is 0 Å². The number of hydrogen-bond donors (Lipinski definition) is 2. The first kappa shape index (κ1) is 14.2. The lowest BCUT2D eigenvalue weighted by Crippen LogP contribution is -2.41. The van der Waals surface area contributed by atoms with E-state index in [0.717, 1.165) is 0 Å². The third-order valence-electron chi connectivity index (χ3n) is 3.00. The molecular formula is C13H17NO4. The first-order chi connectivity index (χ1) is 8.42. The molecule has 0 radical (unpaired) electrons. The number of carbonyl (C=O) groups excluding carboxylic acids is 1. The summed E-state index contributed by atoms with van der Waals surface area (Å²) >= 11 is 0. The SMILES string of the molecule is CCC(C)(OC)C(=O)Nc1ccc(C(=O)O)cc1. The van der Waals surface area contributed by atoms with Crippen LogP contribution in [0.15, 0.2) is 24.3 Å². The third kappa shape index (κ3) is 3.07. The predicted molar refractivity (Wildman–Crippen MR) is 67.7 cm³/mol. The van der Waals surface area contributed by atoms with Crippen molar-refractivity contribution in [2.24, 2.45) is 0 Å². The number of methoxy groups -OCH3 is 1. The van der Waals surface area contributed by atoms with E-state index >= 15 is 0 Å². The number of rotatable bonds is 5. The zero-order valence-electron chi connectivity index (χ0n) is 10.7. The lowest BCUT2D eigenvalue weighted by Gasteiger charge is -2.25. The molecule has 0 bridgehead atoms. The number of amides is 1. The fraction of sp³-hybridized carbons (Fsp3) is 0.385. The van der Waals surface area contributed by atoms with Gasteiger partial charge in [-0.15, -0.1) is 0 Å². The average molecular weight is 251 g/mol. The van der Waals surface area contributed by atoms with Crippen LogP contribution in [0.1, 0.15) is 30.6 Å². The zero-order valence-corrected chi connectivity index (χ0v) is 10.7. The van der Waals surface area contributed by atoms with Crippen molar-refractivity contribution in [1.82, 2.24) is 0 Å². The van der Waals surface area contributed by atoms with Gasteiger partial charge in [-0.25, -0.2) is 4.79 Å². The predicted octanol–water partition coefficient (Wildman–Crippen LogP) is 2.14. The molecule has 2 N–H and O–H groups in total. The highest BCUT2D eigenvalue weighted by Crippen LogP contribution is 2.18. The molecule has 0 saturated carbocycles. The van der Waals surface area contributed by atoms with Crippen molar-refractivity contribution < 1.29 is 19.4 Å². The van der Waals surface area contributed by atoms with Gasteiger partial charge in [-0.05, 0) is 37.6 Å².